The first-order valence-corrected chi connectivity index (χ1v) is 5.08. The molecule has 0 saturated heterocycles. The summed E-state index contributed by atoms with van der Waals surface area (Å²) in [5, 5.41) is 0.738. The van der Waals surface area contributed by atoms with E-state index in [0.29, 0.717) is 6.54 Å². The molecule has 0 radical (unpaired) electrons. The van der Waals surface area contributed by atoms with E-state index < -0.39 is 0 Å². The first-order chi connectivity index (χ1) is 6.54. The maximum atomic E-state index is 5.99. The highest BCUT2D eigenvalue weighted by Crippen LogP contribution is 2.27. The summed E-state index contributed by atoms with van der Waals surface area (Å²) >= 11 is 5.99. The minimum absolute atomic E-state index is 0.154. The quantitative estimate of drug-likeness (QED) is 0.838. The van der Waals surface area contributed by atoms with Crippen molar-refractivity contribution in [1.29, 1.82) is 0 Å². The molecule has 0 aromatic heterocycles. The van der Waals surface area contributed by atoms with Crippen LogP contribution in [-0.4, -0.2) is 6.10 Å². The van der Waals surface area contributed by atoms with E-state index in [9.17, 15) is 0 Å². The van der Waals surface area contributed by atoms with E-state index >= 15 is 0 Å². The second-order valence-corrected chi connectivity index (χ2v) is 3.99. The Labute approximate surface area is 90.0 Å². The van der Waals surface area contributed by atoms with E-state index in [-0.39, 0.29) is 6.10 Å². The highest BCUT2D eigenvalue weighted by atomic mass is 35.5. The zero-order chi connectivity index (χ0) is 10.7. The second-order valence-electron chi connectivity index (χ2n) is 3.58. The first kappa shape index (κ1) is 11.3. The van der Waals surface area contributed by atoms with Crippen LogP contribution in [0.5, 0.6) is 5.75 Å². The minimum Gasteiger partial charge on any atom is -0.491 e. The van der Waals surface area contributed by atoms with Crippen molar-refractivity contribution in [3.63, 3.8) is 0 Å². The van der Waals surface area contributed by atoms with Gasteiger partial charge >= 0.3 is 0 Å². The Morgan fingerprint density at radius 3 is 2.57 bits per heavy atom. The Hall–Kier alpha value is -0.730. The monoisotopic (exact) mass is 213 g/mol. The van der Waals surface area contributed by atoms with Crippen LogP contribution in [0.25, 0.3) is 0 Å². The van der Waals surface area contributed by atoms with E-state index in [1.54, 1.807) is 0 Å². The molecule has 0 fully saturated rings. The van der Waals surface area contributed by atoms with Gasteiger partial charge in [0.05, 0.1) is 6.10 Å². The van der Waals surface area contributed by atoms with E-state index in [1.165, 1.54) is 0 Å². The van der Waals surface area contributed by atoms with Crippen molar-refractivity contribution in [3.05, 3.63) is 28.3 Å². The molecule has 78 valence electrons. The number of nitrogens with two attached hydrogens (primary N) is 1. The summed E-state index contributed by atoms with van der Waals surface area (Å²) < 4.78 is 5.63. The second kappa shape index (κ2) is 4.67. The minimum atomic E-state index is 0.154. The molecule has 0 unspecified atom stereocenters. The Kier molecular flexibility index (Phi) is 3.78. The van der Waals surface area contributed by atoms with Crippen molar-refractivity contribution in [1.82, 2.24) is 0 Å². The van der Waals surface area contributed by atoms with Gasteiger partial charge in [-0.2, -0.15) is 0 Å². The number of rotatable bonds is 3. The van der Waals surface area contributed by atoms with E-state index in [1.807, 2.05) is 32.9 Å². The zero-order valence-corrected chi connectivity index (χ0v) is 9.56. The molecule has 2 N–H and O–H groups in total. The van der Waals surface area contributed by atoms with Crippen molar-refractivity contribution >= 4 is 11.6 Å². The molecule has 1 rings (SSSR count). The number of hydrogen-bond donors (Lipinski definition) is 1. The number of ether oxygens (including phenoxy) is 1. The average molecular weight is 214 g/mol. The lowest BCUT2D eigenvalue weighted by molar-refractivity contribution is 0.240. The van der Waals surface area contributed by atoms with Crippen LogP contribution in [0.1, 0.15) is 25.0 Å². The van der Waals surface area contributed by atoms with Crippen LogP contribution in [0.3, 0.4) is 0 Å². The Bertz CT molecular complexity index is 323. The van der Waals surface area contributed by atoms with Crippen LogP contribution < -0.4 is 10.5 Å². The van der Waals surface area contributed by atoms with E-state index in [4.69, 9.17) is 22.1 Å². The van der Waals surface area contributed by atoms with Crippen molar-refractivity contribution < 1.29 is 4.74 Å². The lowest BCUT2D eigenvalue weighted by atomic mass is 10.1. The van der Waals surface area contributed by atoms with Gasteiger partial charge < -0.3 is 10.5 Å². The highest BCUT2D eigenvalue weighted by Gasteiger charge is 2.07. The third-order valence-electron chi connectivity index (χ3n) is 1.92. The molecule has 1 aromatic rings. The molecule has 1 aromatic carbocycles. The number of hydrogen-bond acceptors (Lipinski definition) is 2. The summed E-state index contributed by atoms with van der Waals surface area (Å²) in [6.45, 7) is 6.38. The molecule has 0 amide bonds. The predicted octanol–water partition coefficient (Wildman–Crippen LogP) is 2.89. The Balaban J connectivity index is 3.07. The van der Waals surface area contributed by atoms with Crippen LogP contribution in [-0.2, 0) is 6.54 Å². The summed E-state index contributed by atoms with van der Waals surface area (Å²) in [6, 6.07) is 3.80. The van der Waals surface area contributed by atoms with Gasteiger partial charge in [0.2, 0.25) is 0 Å². The predicted molar refractivity (Wildman–Crippen MR) is 59.8 cm³/mol. The van der Waals surface area contributed by atoms with Crippen molar-refractivity contribution in [3.8, 4) is 5.75 Å². The molecule has 0 aliphatic carbocycles. The van der Waals surface area contributed by atoms with Crippen LogP contribution in [0, 0.1) is 6.92 Å². The maximum absolute atomic E-state index is 5.99. The first-order valence-electron chi connectivity index (χ1n) is 4.70. The van der Waals surface area contributed by atoms with Gasteiger partial charge in [0.25, 0.3) is 0 Å². The van der Waals surface area contributed by atoms with Gasteiger partial charge in [-0.25, -0.2) is 0 Å². The summed E-state index contributed by atoms with van der Waals surface area (Å²) in [7, 11) is 0. The summed E-state index contributed by atoms with van der Waals surface area (Å²) in [5.41, 5.74) is 7.57. The fourth-order valence-electron chi connectivity index (χ4n) is 1.22. The van der Waals surface area contributed by atoms with Crippen LogP contribution >= 0.6 is 11.6 Å². The van der Waals surface area contributed by atoms with E-state index in [2.05, 4.69) is 0 Å². The molecular formula is C11H16ClNO. The Morgan fingerprint density at radius 2 is 2.07 bits per heavy atom. The smallest absolute Gasteiger partial charge is 0.124 e. The number of aryl methyl sites for hydroxylation is 1. The highest BCUT2D eigenvalue weighted by molar-refractivity contribution is 6.31. The van der Waals surface area contributed by atoms with Crippen molar-refractivity contribution in [2.45, 2.75) is 33.4 Å². The maximum Gasteiger partial charge on any atom is 0.124 e. The molecule has 0 heterocycles. The van der Waals surface area contributed by atoms with Gasteiger partial charge in [-0.1, -0.05) is 11.6 Å². The molecule has 0 bridgehead atoms. The molecule has 3 heteroatoms. The molecule has 0 saturated carbocycles. The lowest BCUT2D eigenvalue weighted by Crippen LogP contribution is -2.09. The van der Waals surface area contributed by atoms with Gasteiger partial charge in [-0.15, -0.1) is 0 Å². The number of halogens is 1. The third-order valence-corrected chi connectivity index (χ3v) is 2.33. The van der Waals surface area contributed by atoms with Crippen LogP contribution in [0.15, 0.2) is 12.1 Å². The zero-order valence-electron chi connectivity index (χ0n) is 8.80. The molecule has 2 nitrogen and oxygen atoms in total. The van der Waals surface area contributed by atoms with Gasteiger partial charge in [-0.05, 0) is 38.5 Å². The third kappa shape index (κ3) is 2.63. The molecule has 0 aliphatic heterocycles. The molecular weight excluding hydrogens is 198 g/mol. The topological polar surface area (TPSA) is 35.2 Å². The Morgan fingerprint density at radius 1 is 1.43 bits per heavy atom. The summed E-state index contributed by atoms with van der Waals surface area (Å²) in [5.74, 6) is 0.837. The normalized spacial score (nSPS) is 10.7. The van der Waals surface area contributed by atoms with Crippen molar-refractivity contribution in [2.24, 2.45) is 5.73 Å². The lowest BCUT2D eigenvalue weighted by Gasteiger charge is -2.14. The van der Waals surface area contributed by atoms with Gasteiger partial charge in [0, 0.05) is 17.1 Å². The molecule has 14 heavy (non-hydrogen) atoms. The SMILES string of the molecule is Cc1cc(OC(C)C)c(CN)cc1Cl. The number of benzene rings is 1. The molecule has 0 atom stereocenters. The summed E-state index contributed by atoms with van der Waals surface area (Å²) in [4.78, 5) is 0. The summed E-state index contributed by atoms with van der Waals surface area (Å²) in [6.07, 6.45) is 0.154. The van der Waals surface area contributed by atoms with Crippen LogP contribution in [0.4, 0.5) is 0 Å². The van der Waals surface area contributed by atoms with Crippen molar-refractivity contribution in [2.75, 3.05) is 0 Å². The van der Waals surface area contributed by atoms with E-state index in [0.717, 1.165) is 21.9 Å². The fourth-order valence-corrected chi connectivity index (χ4v) is 1.41. The molecule has 0 aliphatic rings. The van der Waals surface area contributed by atoms with Crippen LogP contribution in [0.2, 0.25) is 5.02 Å². The standard InChI is InChI=1S/C11H16ClNO/c1-7(2)14-11-4-8(3)10(12)5-9(11)6-13/h4-5,7H,6,13H2,1-3H3. The fraction of sp³-hybridized carbons (Fsp3) is 0.455. The van der Waals surface area contributed by atoms with Gasteiger partial charge in [-0.3, -0.25) is 0 Å². The van der Waals surface area contributed by atoms with Gasteiger partial charge in [0.15, 0.2) is 0 Å². The largest absolute Gasteiger partial charge is 0.491 e. The average Bonchev–Trinajstić information content (AvgIpc) is 2.10. The van der Waals surface area contributed by atoms with Gasteiger partial charge in [0.1, 0.15) is 5.75 Å². The molecule has 0 spiro atoms.